The predicted octanol–water partition coefficient (Wildman–Crippen LogP) is 11.4. The topological polar surface area (TPSA) is 307 Å². The first-order valence-electron chi connectivity index (χ1n) is 38.1. The SMILES string of the molecule is CCCCCCCCCCCCCCCC/C=C/CC/C=C/C(O)C(COC1OC(CO)C(OC2OC(CO)C(OC3OC(CO)C(O)C(O)C3O)C(O)C2O)C(O)C1O)NC(=O)CCCCCCCCCCCCCCCCCCCCCCCCCCCCCC. The molecule has 548 valence electrons. The molecule has 93 heavy (non-hydrogen) atoms. The van der Waals surface area contributed by atoms with Crippen molar-refractivity contribution in [1.29, 1.82) is 0 Å². The second-order valence-corrected chi connectivity index (χ2v) is 27.5. The average molecular weight is 1330 g/mol. The van der Waals surface area contributed by atoms with Crippen molar-refractivity contribution >= 4 is 5.91 Å². The Morgan fingerprint density at radius 3 is 1.08 bits per heavy atom. The fraction of sp³-hybridized carbons (Fsp3) is 0.932. The van der Waals surface area contributed by atoms with Gasteiger partial charge in [-0.1, -0.05) is 295 Å². The van der Waals surface area contributed by atoms with E-state index in [1.165, 1.54) is 238 Å². The molecule has 3 fully saturated rings. The van der Waals surface area contributed by atoms with Crippen LogP contribution >= 0.6 is 0 Å². The maximum Gasteiger partial charge on any atom is 0.220 e. The first kappa shape index (κ1) is 85.5. The fourth-order valence-electron chi connectivity index (χ4n) is 13.1. The summed E-state index contributed by atoms with van der Waals surface area (Å²) in [5.74, 6) is -0.278. The molecule has 12 N–H and O–H groups in total. The van der Waals surface area contributed by atoms with E-state index in [0.717, 1.165) is 38.5 Å². The molecule has 0 saturated carbocycles. The zero-order valence-electron chi connectivity index (χ0n) is 58.3. The van der Waals surface area contributed by atoms with Crippen molar-refractivity contribution in [2.75, 3.05) is 26.4 Å². The minimum absolute atomic E-state index is 0.241. The highest BCUT2D eigenvalue weighted by Gasteiger charge is 2.53. The van der Waals surface area contributed by atoms with Crippen LogP contribution < -0.4 is 5.32 Å². The highest BCUT2D eigenvalue weighted by atomic mass is 16.8. The summed E-state index contributed by atoms with van der Waals surface area (Å²) in [6.45, 7) is 1.76. The Labute approximate surface area is 562 Å². The number of carbonyl (C=O) groups excluding carboxylic acids is 1. The first-order chi connectivity index (χ1) is 45.3. The zero-order chi connectivity index (χ0) is 67.5. The van der Waals surface area contributed by atoms with Crippen LogP contribution in [0.5, 0.6) is 0 Å². The normalized spacial score (nSPS) is 27.6. The Kier molecular flexibility index (Phi) is 51.5. The number of rotatable bonds is 60. The van der Waals surface area contributed by atoms with Crippen molar-refractivity contribution in [2.24, 2.45) is 0 Å². The molecule has 17 atom stereocenters. The third-order valence-corrected chi connectivity index (χ3v) is 19.3. The summed E-state index contributed by atoms with van der Waals surface area (Å²) in [5, 5.41) is 121. The lowest BCUT2D eigenvalue weighted by Gasteiger charge is -2.48. The molecular weight excluding hydrogens is 1190 g/mol. The van der Waals surface area contributed by atoms with Crippen LogP contribution in [0.4, 0.5) is 0 Å². The summed E-state index contributed by atoms with van der Waals surface area (Å²) in [7, 11) is 0. The maximum atomic E-state index is 13.4. The molecule has 3 saturated heterocycles. The summed E-state index contributed by atoms with van der Waals surface area (Å²) < 4.78 is 34.4. The molecule has 1 amide bonds. The third-order valence-electron chi connectivity index (χ3n) is 19.3. The number of hydrogen-bond donors (Lipinski definition) is 12. The van der Waals surface area contributed by atoms with Gasteiger partial charge in [0.1, 0.15) is 73.2 Å². The van der Waals surface area contributed by atoms with Gasteiger partial charge in [0.2, 0.25) is 5.91 Å². The van der Waals surface area contributed by atoms with Crippen LogP contribution in [-0.4, -0.2) is 193 Å². The Bertz CT molecular complexity index is 1780. The van der Waals surface area contributed by atoms with Crippen molar-refractivity contribution < 1.29 is 89.4 Å². The minimum Gasteiger partial charge on any atom is -0.394 e. The number of aliphatic hydroxyl groups is 11. The van der Waals surface area contributed by atoms with Gasteiger partial charge in [0, 0.05) is 6.42 Å². The first-order valence-corrected chi connectivity index (χ1v) is 38.1. The monoisotopic (exact) mass is 1330 g/mol. The summed E-state index contributed by atoms with van der Waals surface area (Å²) in [6, 6.07) is -0.987. The number of nitrogens with one attached hydrogen (secondary N) is 1. The number of unbranched alkanes of at least 4 members (excludes halogenated alkanes) is 42. The van der Waals surface area contributed by atoms with Crippen LogP contribution in [0.25, 0.3) is 0 Å². The van der Waals surface area contributed by atoms with E-state index in [9.17, 15) is 61.0 Å². The second-order valence-electron chi connectivity index (χ2n) is 27.5. The van der Waals surface area contributed by atoms with E-state index >= 15 is 0 Å². The van der Waals surface area contributed by atoms with E-state index in [4.69, 9.17) is 28.4 Å². The lowest BCUT2D eigenvalue weighted by Crippen LogP contribution is -2.66. The summed E-state index contributed by atoms with van der Waals surface area (Å²) in [4.78, 5) is 13.4. The summed E-state index contributed by atoms with van der Waals surface area (Å²) in [6.07, 6.45) is 38.8. The molecule has 3 rings (SSSR count). The number of hydrogen-bond acceptors (Lipinski definition) is 18. The fourth-order valence-corrected chi connectivity index (χ4v) is 13.1. The highest BCUT2D eigenvalue weighted by Crippen LogP contribution is 2.33. The standard InChI is InChI=1S/C74H139NO18/c1-3-5-7-9-11-13-15-17-19-21-23-25-26-27-28-29-30-31-32-34-36-38-40-42-44-46-48-50-52-62(80)75-57(58(79)51-49-47-45-43-41-39-37-35-33-24-22-20-18-16-14-12-10-8-6-4-2)56-88-72-68(86)65(83)70(60(54-77)90-72)93-74-69(87)66(84)71(61(55-78)91-74)92-73-67(85)64(82)63(81)59(53-76)89-73/h41,43,49,51,57-61,63-74,76-79,81-87H,3-40,42,44-48,50,52-56H2,1-2H3,(H,75,80)/b43-41+,51-49+. The Balaban J connectivity index is 1.40. The van der Waals surface area contributed by atoms with Crippen LogP contribution in [0.1, 0.15) is 309 Å². The molecule has 0 bridgehead atoms. The van der Waals surface area contributed by atoms with E-state index in [1.54, 1.807) is 6.08 Å². The molecule has 0 aromatic heterocycles. The van der Waals surface area contributed by atoms with Crippen molar-refractivity contribution in [2.45, 2.75) is 413 Å². The molecule has 3 aliphatic heterocycles. The van der Waals surface area contributed by atoms with Crippen LogP contribution in [0.15, 0.2) is 24.3 Å². The minimum atomic E-state index is -1.98. The van der Waals surface area contributed by atoms with Crippen molar-refractivity contribution in [1.82, 2.24) is 5.32 Å². The van der Waals surface area contributed by atoms with Gasteiger partial charge in [-0.05, 0) is 32.1 Å². The average Bonchev–Trinajstić information content (AvgIpc) is 0.979. The molecule has 0 aromatic carbocycles. The van der Waals surface area contributed by atoms with Crippen LogP contribution in [0.2, 0.25) is 0 Å². The molecule has 0 spiro atoms. The van der Waals surface area contributed by atoms with Gasteiger partial charge in [0.15, 0.2) is 18.9 Å². The van der Waals surface area contributed by atoms with Crippen LogP contribution in [0.3, 0.4) is 0 Å². The second kappa shape index (κ2) is 56.1. The lowest BCUT2D eigenvalue weighted by molar-refractivity contribution is -0.379. The number of carbonyl (C=O) groups is 1. The van der Waals surface area contributed by atoms with Crippen molar-refractivity contribution in [3.05, 3.63) is 24.3 Å². The molecule has 3 aliphatic rings. The summed E-state index contributed by atoms with van der Waals surface area (Å²) in [5.41, 5.74) is 0. The Morgan fingerprint density at radius 2 is 0.688 bits per heavy atom. The van der Waals surface area contributed by atoms with Gasteiger partial charge in [-0.15, -0.1) is 0 Å². The third kappa shape index (κ3) is 37.3. The van der Waals surface area contributed by atoms with Gasteiger partial charge in [0.05, 0.1) is 38.6 Å². The van der Waals surface area contributed by atoms with Gasteiger partial charge in [0.25, 0.3) is 0 Å². The molecule has 0 aromatic rings. The largest absolute Gasteiger partial charge is 0.394 e. The molecule has 19 nitrogen and oxygen atoms in total. The maximum absolute atomic E-state index is 13.4. The van der Waals surface area contributed by atoms with E-state index in [2.05, 4.69) is 31.3 Å². The van der Waals surface area contributed by atoms with E-state index < -0.39 is 124 Å². The van der Waals surface area contributed by atoms with Gasteiger partial charge >= 0.3 is 0 Å². The van der Waals surface area contributed by atoms with Crippen LogP contribution in [0, 0.1) is 0 Å². The molecule has 17 unspecified atom stereocenters. The number of aliphatic hydroxyl groups excluding tert-OH is 11. The van der Waals surface area contributed by atoms with Crippen LogP contribution in [-0.2, 0) is 33.2 Å². The number of amides is 1. The number of allylic oxidation sites excluding steroid dienone is 3. The van der Waals surface area contributed by atoms with E-state index in [1.807, 2.05) is 6.08 Å². The molecule has 0 aliphatic carbocycles. The molecular formula is C74H139NO18. The highest BCUT2D eigenvalue weighted by molar-refractivity contribution is 5.76. The van der Waals surface area contributed by atoms with Gasteiger partial charge in [-0.3, -0.25) is 4.79 Å². The molecule has 19 heteroatoms. The van der Waals surface area contributed by atoms with Gasteiger partial charge < -0.3 is 89.9 Å². The van der Waals surface area contributed by atoms with Gasteiger partial charge in [-0.25, -0.2) is 0 Å². The quantitative estimate of drug-likeness (QED) is 0.0199. The van der Waals surface area contributed by atoms with Crippen molar-refractivity contribution in [3.63, 3.8) is 0 Å². The zero-order valence-corrected chi connectivity index (χ0v) is 58.3. The Hall–Kier alpha value is -1.73. The Morgan fingerprint density at radius 1 is 0.376 bits per heavy atom. The van der Waals surface area contributed by atoms with E-state index in [-0.39, 0.29) is 18.9 Å². The smallest absolute Gasteiger partial charge is 0.220 e. The summed E-state index contributed by atoms with van der Waals surface area (Å²) >= 11 is 0. The lowest BCUT2D eigenvalue weighted by atomic mass is 9.96. The van der Waals surface area contributed by atoms with Crippen molar-refractivity contribution in [3.8, 4) is 0 Å². The molecule has 3 heterocycles. The predicted molar refractivity (Wildman–Crippen MR) is 365 cm³/mol. The number of ether oxygens (including phenoxy) is 6. The van der Waals surface area contributed by atoms with E-state index in [0.29, 0.717) is 12.8 Å². The van der Waals surface area contributed by atoms with Gasteiger partial charge in [-0.2, -0.15) is 0 Å². The molecule has 0 radical (unpaired) electrons.